The number of halogens is 1. The van der Waals surface area contributed by atoms with Gasteiger partial charge in [-0.1, -0.05) is 18.5 Å². The lowest BCUT2D eigenvalue weighted by Crippen LogP contribution is -2.48. The number of nitrogens with zero attached hydrogens (tertiary/aromatic N) is 3. The second-order valence-corrected chi connectivity index (χ2v) is 4.88. The Morgan fingerprint density at radius 3 is 2.56 bits per heavy atom. The Morgan fingerprint density at radius 2 is 2.00 bits per heavy atom. The van der Waals surface area contributed by atoms with Crippen LogP contribution in [0.15, 0.2) is 12.1 Å². The summed E-state index contributed by atoms with van der Waals surface area (Å²) in [4.78, 5) is 20.6. The van der Waals surface area contributed by atoms with Gasteiger partial charge >= 0.3 is 0 Å². The minimum atomic E-state index is -0.0109. The molecular formula is C13H18ClN3O. The minimum Gasteiger partial charge on any atom is -0.336 e. The quantitative estimate of drug-likeness (QED) is 0.767. The summed E-state index contributed by atoms with van der Waals surface area (Å²) >= 11 is 6.03. The molecule has 1 amide bonds. The van der Waals surface area contributed by atoms with E-state index in [1.807, 2.05) is 17.9 Å². The van der Waals surface area contributed by atoms with E-state index < -0.39 is 0 Å². The molecule has 0 atom stereocenters. The molecular weight excluding hydrogens is 250 g/mol. The van der Waals surface area contributed by atoms with Crippen LogP contribution in [0, 0.1) is 6.92 Å². The van der Waals surface area contributed by atoms with E-state index in [0.717, 1.165) is 38.4 Å². The highest BCUT2D eigenvalue weighted by atomic mass is 35.5. The number of carbonyl (C=O) groups is 1. The highest BCUT2D eigenvalue weighted by Crippen LogP contribution is 2.17. The van der Waals surface area contributed by atoms with Crippen LogP contribution in [0.1, 0.15) is 23.0 Å². The summed E-state index contributed by atoms with van der Waals surface area (Å²) < 4.78 is 0. The fraction of sp³-hybridized carbons (Fsp3) is 0.538. The zero-order valence-electron chi connectivity index (χ0n) is 10.8. The molecule has 1 aliphatic heterocycles. The highest BCUT2D eigenvalue weighted by Gasteiger charge is 2.23. The zero-order valence-corrected chi connectivity index (χ0v) is 11.6. The van der Waals surface area contributed by atoms with Crippen molar-refractivity contribution in [3.8, 4) is 0 Å². The molecule has 4 nitrogen and oxygen atoms in total. The predicted molar refractivity (Wildman–Crippen MR) is 72.0 cm³/mol. The third kappa shape index (κ3) is 2.82. The molecule has 1 saturated heterocycles. The number of aryl methyl sites for hydroxylation is 1. The average molecular weight is 268 g/mol. The maximum absolute atomic E-state index is 12.3. The van der Waals surface area contributed by atoms with Crippen LogP contribution in [0.3, 0.4) is 0 Å². The molecule has 2 heterocycles. The Morgan fingerprint density at radius 1 is 1.33 bits per heavy atom. The molecule has 1 aliphatic rings. The molecule has 2 rings (SSSR count). The van der Waals surface area contributed by atoms with Crippen LogP contribution in [-0.2, 0) is 0 Å². The average Bonchev–Trinajstić information content (AvgIpc) is 2.38. The fourth-order valence-corrected chi connectivity index (χ4v) is 2.40. The SMILES string of the molecule is CCN1CCN(C(=O)c2ccc(C)nc2Cl)CC1. The third-order valence-electron chi connectivity index (χ3n) is 3.33. The van der Waals surface area contributed by atoms with E-state index in [1.54, 1.807) is 6.07 Å². The van der Waals surface area contributed by atoms with Crippen molar-refractivity contribution in [2.75, 3.05) is 32.7 Å². The molecule has 18 heavy (non-hydrogen) atoms. The van der Waals surface area contributed by atoms with Crippen LogP contribution in [-0.4, -0.2) is 53.4 Å². The van der Waals surface area contributed by atoms with Crippen LogP contribution in [0.5, 0.6) is 0 Å². The van der Waals surface area contributed by atoms with E-state index in [1.165, 1.54) is 0 Å². The molecule has 0 aromatic carbocycles. The number of carbonyl (C=O) groups excluding carboxylic acids is 1. The van der Waals surface area contributed by atoms with Gasteiger partial charge in [0.1, 0.15) is 5.15 Å². The van der Waals surface area contributed by atoms with Gasteiger partial charge in [0, 0.05) is 31.9 Å². The zero-order chi connectivity index (χ0) is 13.1. The molecule has 0 aliphatic carbocycles. The second kappa shape index (κ2) is 5.67. The lowest BCUT2D eigenvalue weighted by molar-refractivity contribution is 0.0643. The van der Waals surface area contributed by atoms with E-state index >= 15 is 0 Å². The van der Waals surface area contributed by atoms with E-state index in [2.05, 4.69) is 16.8 Å². The van der Waals surface area contributed by atoms with Gasteiger partial charge in [-0.25, -0.2) is 4.98 Å². The Bertz CT molecular complexity index is 442. The number of aromatic nitrogens is 1. The van der Waals surface area contributed by atoms with Gasteiger partial charge in [0.25, 0.3) is 5.91 Å². The van der Waals surface area contributed by atoms with E-state index in [9.17, 15) is 4.79 Å². The number of amides is 1. The van der Waals surface area contributed by atoms with Gasteiger partial charge in [-0.2, -0.15) is 0 Å². The van der Waals surface area contributed by atoms with Crippen LogP contribution in [0.4, 0.5) is 0 Å². The first-order valence-electron chi connectivity index (χ1n) is 6.26. The molecule has 1 aromatic rings. The largest absolute Gasteiger partial charge is 0.336 e. The second-order valence-electron chi connectivity index (χ2n) is 4.52. The monoisotopic (exact) mass is 267 g/mol. The van der Waals surface area contributed by atoms with Crippen molar-refractivity contribution in [3.63, 3.8) is 0 Å². The van der Waals surface area contributed by atoms with E-state index in [-0.39, 0.29) is 5.91 Å². The predicted octanol–water partition coefficient (Wildman–Crippen LogP) is 1.82. The number of hydrogen-bond donors (Lipinski definition) is 0. The van der Waals surface area contributed by atoms with Crippen LogP contribution in [0.25, 0.3) is 0 Å². The van der Waals surface area contributed by atoms with Crippen molar-refractivity contribution in [1.29, 1.82) is 0 Å². The number of pyridine rings is 1. The normalized spacial score (nSPS) is 16.9. The standard InChI is InChI=1S/C13H18ClN3O/c1-3-16-6-8-17(9-7-16)13(18)11-5-4-10(2)15-12(11)14/h4-5H,3,6-9H2,1-2H3. The fourth-order valence-electron chi connectivity index (χ4n) is 2.12. The van der Waals surface area contributed by atoms with Gasteiger partial charge in [-0.05, 0) is 25.6 Å². The van der Waals surface area contributed by atoms with Gasteiger partial charge < -0.3 is 9.80 Å². The summed E-state index contributed by atoms with van der Waals surface area (Å²) in [5.74, 6) is -0.0109. The first kappa shape index (κ1) is 13.3. The van der Waals surface area contributed by atoms with Crippen molar-refractivity contribution in [2.45, 2.75) is 13.8 Å². The van der Waals surface area contributed by atoms with E-state index in [4.69, 9.17) is 11.6 Å². The summed E-state index contributed by atoms with van der Waals surface area (Å²) in [6.07, 6.45) is 0. The van der Waals surface area contributed by atoms with Gasteiger partial charge in [-0.3, -0.25) is 4.79 Å². The number of rotatable bonds is 2. The molecule has 0 N–H and O–H groups in total. The topological polar surface area (TPSA) is 36.4 Å². The van der Waals surface area contributed by atoms with Gasteiger partial charge in [0.15, 0.2) is 0 Å². The number of likely N-dealkylation sites (N-methyl/N-ethyl adjacent to an activating group) is 1. The van der Waals surface area contributed by atoms with Crippen molar-refractivity contribution < 1.29 is 4.79 Å². The molecule has 0 saturated carbocycles. The Hall–Kier alpha value is -1.13. The van der Waals surface area contributed by atoms with Crippen LogP contribution in [0.2, 0.25) is 5.15 Å². The Balaban J connectivity index is 2.08. The molecule has 98 valence electrons. The van der Waals surface area contributed by atoms with E-state index in [0.29, 0.717) is 10.7 Å². The molecule has 0 bridgehead atoms. The van der Waals surface area contributed by atoms with Gasteiger partial charge in [-0.15, -0.1) is 0 Å². The lowest BCUT2D eigenvalue weighted by Gasteiger charge is -2.34. The van der Waals surface area contributed by atoms with Crippen molar-refractivity contribution >= 4 is 17.5 Å². The molecule has 1 fully saturated rings. The van der Waals surface area contributed by atoms with Crippen molar-refractivity contribution in [2.24, 2.45) is 0 Å². The summed E-state index contributed by atoms with van der Waals surface area (Å²) in [5, 5.41) is 0.304. The minimum absolute atomic E-state index is 0.0109. The van der Waals surface area contributed by atoms with Gasteiger partial charge in [0.05, 0.1) is 5.56 Å². The Kier molecular flexibility index (Phi) is 4.19. The van der Waals surface area contributed by atoms with Crippen LogP contribution >= 0.6 is 11.6 Å². The summed E-state index contributed by atoms with van der Waals surface area (Å²) in [6, 6.07) is 3.58. The maximum atomic E-state index is 12.3. The summed E-state index contributed by atoms with van der Waals surface area (Å²) in [7, 11) is 0. The summed E-state index contributed by atoms with van der Waals surface area (Å²) in [6.45, 7) is 8.42. The molecule has 0 unspecified atom stereocenters. The first-order chi connectivity index (χ1) is 8.61. The summed E-state index contributed by atoms with van der Waals surface area (Å²) in [5.41, 5.74) is 1.33. The number of piperazine rings is 1. The molecule has 1 aromatic heterocycles. The van der Waals surface area contributed by atoms with Crippen molar-refractivity contribution in [3.05, 3.63) is 28.5 Å². The van der Waals surface area contributed by atoms with Crippen LogP contribution < -0.4 is 0 Å². The Labute approximate surface area is 113 Å². The molecule has 0 radical (unpaired) electrons. The lowest BCUT2D eigenvalue weighted by atomic mass is 10.2. The first-order valence-corrected chi connectivity index (χ1v) is 6.64. The van der Waals surface area contributed by atoms with Gasteiger partial charge in [0.2, 0.25) is 0 Å². The molecule has 5 heteroatoms. The number of hydrogen-bond acceptors (Lipinski definition) is 3. The third-order valence-corrected chi connectivity index (χ3v) is 3.61. The smallest absolute Gasteiger partial charge is 0.257 e. The van der Waals surface area contributed by atoms with Crippen molar-refractivity contribution in [1.82, 2.24) is 14.8 Å². The highest BCUT2D eigenvalue weighted by molar-refractivity contribution is 6.32. The molecule has 0 spiro atoms. The maximum Gasteiger partial charge on any atom is 0.257 e.